The number of nitrogens with one attached hydrogen (secondary N) is 1. The molecule has 0 spiro atoms. The van der Waals surface area contributed by atoms with Crippen molar-refractivity contribution >= 4 is 28.2 Å². The molecule has 2 aromatic heterocycles. The molecule has 2 heterocycles. The zero-order chi connectivity index (χ0) is 18.0. The number of fused-ring (bicyclic) bond motifs is 1. The summed E-state index contributed by atoms with van der Waals surface area (Å²) in [6, 6.07) is 3.20. The number of carbonyl (C=O) groups is 2. The Morgan fingerprint density at radius 3 is 3.00 bits per heavy atom. The van der Waals surface area contributed by atoms with Gasteiger partial charge in [0, 0.05) is 10.9 Å². The van der Waals surface area contributed by atoms with Crippen molar-refractivity contribution in [1.82, 2.24) is 0 Å². The highest BCUT2D eigenvalue weighted by atomic mass is 32.1. The molecule has 0 saturated heterocycles. The van der Waals surface area contributed by atoms with Crippen molar-refractivity contribution in [2.24, 2.45) is 5.92 Å². The molecule has 0 aromatic carbocycles. The normalized spacial score (nSPS) is 16.2. The maximum atomic E-state index is 12.4. The third-order valence-corrected chi connectivity index (χ3v) is 5.49. The molecule has 0 aliphatic heterocycles. The summed E-state index contributed by atoms with van der Waals surface area (Å²) in [5.41, 5.74) is 1.50. The molecule has 1 aliphatic carbocycles. The summed E-state index contributed by atoms with van der Waals surface area (Å²) in [5.74, 6) is -0.00562. The summed E-state index contributed by atoms with van der Waals surface area (Å²) in [4.78, 5) is 25.8. The monoisotopic (exact) mass is 361 g/mol. The van der Waals surface area contributed by atoms with Crippen LogP contribution in [0.15, 0.2) is 24.5 Å². The van der Waals surface area contributed by atoms with Crippen LogP contribution in [-0.4, -0.2) is 24.1 Å². The number of nitrogens with zero attached hydrogens (tertiary/aromatic N) is 1. The maximum absolute atomic E-state index is 12.4. The Morgan fingerprint density at radius 2 is 2.28 bits per heavy atom. The predicted octanol–water partition coefficient (Wildman–Crippen LogP) is 2.29. The van der Waals surface area contributed by atoms with Gasteiger partial charge in [0.25, 0.3) is 5.91 Å². The Labute approximate surface area is 150 Å². The van der Waals surface area contributed by atoms with Crippen LogP contribution in [0.5, 0.6) is 5.75 Å². The van der Waals surface area contributed by atoms with Gasteiger partial charge in [-0.1, -0.05) is 6.92 Å². The number of pyridine rings is 1. The van der Waals surface area contributed by atoms with Gasteiger partial charge < -0.3 is 15.2 Å². The number of carbonyl (C=O) groups excluding carboxylic acids is 2. The molecule has 1 atom stereocenters. The number of hydrogen-bond donors (Lipinski definition) is 2. The first kappa shape index (κ1) is 17.4. The summed E-state index contributed by atoms with van der Waals surface area (Å²) in [6.45, 7) is 2.24. The van der Waals surface area contributed by atoms with Crippen LogP contribution >= 0.6 is 11.3 Å². The van der Waals surface area contributed by atoms with E-state index in [2.05, 4.69) is 12.2 Å². The first-order chi connectivity index (χ1) is 12.0. The van der Waals surface area contributed by atoms with Gasteiger partial charge in [-0.05, 0) is 36.8 Å². The van der Waals surface area contributed by atoms with E-state index in [1.54, 1.807) is 16.8 Å². The topological polar surface area (TPSA) is 79.5 Å². The Morgan fingerprint density at radius 1 is 1.48 bits per heavy atom. The van der Waals surface area contributed by atoms with E-state index < -0.39 is 5.97 Å². The lowest BCUT2D eigenvalue weighted by Gasteiger charge is -2.18. The van der Waals surface area contributed by atoms with Gasteiger partial charge in [-0.2, -0.15) is 4.57 Å². The molecular weight excluding hydrogens is 340 g/mol. The number of methoxy groups -OCH3 is 1. The zero-order valence-electron chi connectivity index (χ0n) is 14.2. The number of amides is 1. The minimum absolute atomic E-state index is 0.0496. The molecule has 0 saturated carbocycles. The minimum Gasteiger partial charge on any atom is -0.503 e. The molecule has 7 heteroatoms. The van der Waals surface area contributed by atoms with E-state index in [1.165, 1.54) is 30.7 Å². The van der Waals surface area contributed by atoms with Crippen LogP contribution in [-0.2, 0) is 28.9 Å². The van der Waals surface area contributed by atoms with E-state index in [9.17, 15) is 14.7 Å². The summed E-state index contributed by atoms with van der Waals surface area (Å²) >= 11 is 1.46. The SMILES string of the molecule is COC(=O)c1c(NC(=O)C[n+]2cccc(O)c2)sc2c1CC[C@@H](C)C2. The number of hydrogen-bond acceptors (Lipinski definition) is 5. The second-order valence-electron chi connectivity index (χ2n) is 6.33. The number of aromatic nitrogens is 1. The molecule has 25 heavy (non-hydrogen) atoms. The molecule has 1 amide bonds. The molecule has 0 radical (unpaired) electrons. The molecule has 0 bridgehead atoms. The fourth-order valence-corrected chi connectivity index (χ4v) is 4.51. The number of ether oxygens (including phenoxy) is 1. The molecule has 2 aromatic rings. The molecule has 0 unspecified atom stereocenters. The fraction of sp³-hybridized carbons (Fsp3) is 0.389. The lowest BCUT2D eigenvalue weighted by molar-refractivity contribution is -0.684. The molecular formula is C18H21N2O4S+. The van der Waals surface area contributed by atoms with E-state index in [-0.39, 0.29) is 18.2 Å². The van der Waals surface area contributed by atoms with Crippen molar-refractivity contribution in [3.05, 3.63) is 40.5 Å². The van der Waals surface area contributed by atoms with Gasteiger partial charge in [-0.3, -0.25) is 4.79 Å². The third kappa shape index (κ3) is 3.82. The van der Waals surface area contributed by atoms with Crippen molar-refractivity contribution in [1.29, 1.82) is 0 Å². The largest absolute Gasteiger partial charge is 0.503 e. The van der Waals surface area contributed by atoms with E-state index >= 15 is 0 Å². The van der Waals surface area contributed by atoms with Crippen molar-refractivity contribution in [3.8, 4) is 5.75 Å². The van der Waals surface area contributed by atoms with E-state index in [0.717, 1.165) is 29.7 Å². The Hall–Kier alpha value is -2.41. The number of esters is 1. The first-order valence-corrected chi connectivity index (χ1v) is 9.00. The summed E-state index contributed by atoms with van der Waals surface area (Å²) < 4.78 is 6.50. The van der Waals surface area contributed by atoms with Crippen LogP contribution in [0.1, 0.15) is 34.1 Å². The number of aromatic hydroxyl groups is 1. The van der Waals surface area contributed by atoms with Crippen LogP contribution in [0.2, 0.25) is 0 Å². The van der Waals surface area contributed by atoms with Gasteiger partial charge in [-0.25, -0.2) is 4.79 Å². The Kier molecular flexibility index (Phi) is 5.03. The Bertz CT molecular complexity index is 815. The molecule has 0 fully saturated rings. The number of anilines is 1. The predicted molar refractivity (Wildman–Crippen MR) is 93.8 cm³/mol. The van der Waals surface area contributed by atoms with Crippen molar-refractivity contribution < 1.29 is 24.0 Å². The number of rotatable bonds is 4. The van der Waals surface area contributed by atoms with Crippen LogP contribution in [0.3, 0.4) is 0 Å². The van der Waals surface area contributed by atoms with E-state index in [1.807, 2.05) is 0 Å². The van der Waals surface area contributed by atoms with Crippen molar-refractivity contribution in [3.63, 3.8) is 0 Å². The van der Waals surface area contributed by atoms with Crippen molar-refractivity contribution in [2.75, 3.05) is 12.4 Å². The van der Waals surface area contributed by atoms with Crippen LogP contribution < -0.4 is 9.88 Å². The lowest BCUT2D eigenvalue weighted by atomic mass is 9.88. The van der Waals surface area contributed by atoms with Gasteiger partial charge in [0.15, 0.2) is 11.9 Å². The quantitative estimate of drug-likeness (QED) is 0.647. The zero-order valence-corrected chi connectivity index (χ0v) is 15.1. The average molecular weight is 361 g/mol. The molecule has 132 valence electrons. The summed E-state index contributed by atoms with van der Waals surface area (Å²) in [6.07, 6.45) is 5.94. The van der Waals surface area contributed by atoms with E-state index in [4.69, 9.17) is 4.74 Å². The van der Waals surface area contributed by atoms with Crippen LogP contribution in [0, 0.1) is 5.92 Å². The van der Waals surface area contributed by atoms with Gasteiger partial charge in [0.2, 0.25) is 12.7 Å². The molecule has 2 N–H and O–H groups in total. The molecule has 3 rings (SSSR count). The van der Waals surface area contributed by atoms with E-state index in [0.29, 0.717) is 16.5 Å². The molecule has 1 aliphatic rings. The summed E-state index contributed by atoms with van der Waals surface area (Å²) in [7, 11) is 1.35. The fourth-order valence-electron chi connectivity index (χ4n) is 3.10. The highest BCUT2D eigenvalue weighted by Gasteiger charge is 2.29. The maximum Gasteiger partial charge on any atom is 0.341 e. The summed E-state index contributed by atoms with van der Waals surface area (Å²) in [5, 5.41) is 12.9. The minimum atomic E-state index is -0.410. The second kappa shape index (κ2) is 7.23. The first-order valence-electron chi connectivity index (χ1n) is 8.18. The average Bonchev–Trinajstić information content (AvgIpc) is 2.90. The van der Waals surface area contributed by atoms with Gasteiger partial charge >= 0.3 is 5.97 Å². The van der Waals surface area contributed by atoms with Gasteiger partial charge in [0.05, 0.1) is 12.7 Å². The third-order valence-electron chi connectivity index (χ3n) is 4.32. The van der Waals surface area contributed by atoms with Gasteiger partial charge in [-0.15, -0.1) is 11.3 Å². The van der Waals surface area contributed by atoms with Gasteiger partial charge in [0.1, 0.15) is 5.00 Å². The van der Waals surface area contributed by atoms with Crippen molar-refractivity contribution in [2.45, 2.75) is 32.7 Å². The smallest absolute Gasteiger partial charge is 0.341 e. The van der Waals surface area contributed by atoms with Crippen LogP contribution in [0.4, 0.5) is 5.00 Å². The standard InChI is InChI=1S/C18H20N2O4S/c1-11-5-6-13-14(8-11)25-17(16(13)18(23)24-2)19-15(22)10-20-7-3-4-12(21)9-20/h3-4,7,9,11H,5-6,8,10H2,1-2H3,(H-,19,21,22,23)/p+1/t11-/m1/s1. The highest BCUT2D eigenvalue weighted by molar-refractivity contribution is 7.17. The second-order valence-corrected chi connectivity index (χ2v) is 7.44. The van der Waals surface area contributed by atoms with Crippen LogP contribution in [0.25, 0.3) is 0 Å². The Balaban J connectivity index is 1.84. The highest BCUT2D eigenvalue weighted by Crippen LogP contribution is 2.39. The number of thiophene rings is 1. The molecule has 6 nitrogen and oxygen atoms in total. The lowest BCUT2D eigenvalue weighted by Crippen LogP contribution is -2.39.